The van der Waals surface area contributed by atoms with E-state index in [1.807, 2.05) is 0 Å². The van der Waals surface area contributed by atoms with Crippen molar-refractivity contribution in [1.29, 1.82) is 0 Å². The minimum Gasteiger partial charge on any atom is -0.303 e. The van der Waals surface area contributed by atoms with E-state index >= 15 is 0 Å². The number of nitrogens with zero attached hydrogens (tertiary/aromatic N) is 2. The zero-order chi connectivity index (χ0) is 36.5. The average molecular weight is 730 g/mol. The van der Waals surface area contributed by atoms with Gasteiger partial charge in [-0.3, -0.25) is 0 Å². The predicted octanol–water partition coefficient (Wildman–Crippen LogP) is 8.09. The summed E-state index contributed by atoms with van der Waals surface area (Å²) in [6.07, 6.45) is 0. The first kappa shape index (κ1) is 34.1. The Morgan fingerprint density at radius 3 is 0.759 bits per heavy atom. The molecule has 6 heteroatoms. The topological polar surface area (TPSA) is 6.48 Å². The maximum atomic E-state index is 2.45. The quantitative estimate of drug-likeness (QED) is 0.134. The molecule has 10 rings (SSSR count). The summed E-state index contributed by atoms with van der Waals surface area (Å²) in [4.78, 5) is 4.90. The molecule has 2 aliphatic rings. The minimum atomic E-state index is -1.45. The second-order valence-corrected chi connectivity index (χ2v) is 16.9. The van der Waals surface area contributed by atoms with E-state index in [0.717, 1.165) is 0 Å². The van der Waals surface area contributed by atoms with Crippen LogP contribution >= 0.6 is 14.3 Å². The van der Waals surface area contributed by atoms with Crippen molar-refractivity contribution in [3.63, 3.8) is 0 Å². The van der Waals surface area contributed by atoms with E-state index in [-0.39, 0.29) is 15.1 Å². The molecule has 0 radical (unpaired) electrons. The van der Waals surface area contributed by atoms with Gasteiger partial charge in [0.1, 0.15) is 15.1 Å². The number of benzene rings is 8. The Labute approximate surface area is 322 Å². The third-order valence-corrected chi connectivity index (χ3v) is 14.6. The van der Waals surface area contributed by atoms with Crippen LogP contribution in [0.15, 0.2) is 218 Å². The Morgan fingerprint density at radius 1 is 0.259 bits per heavy atom. The molecule has 260 valence electrons. The highest BCUT2D eigenvalue weighted by atomic mass is 31.2. The highest BCUT2D eigenvalue weighted by Crippen LogP contribution is 2.60. The SMILES string of the molecule is [BH3-][P+]1(c2ccccc2)c2ccccc2N(c2ccccc2)c2ccccc21.[BH3-][P+]1(c2ccccc2)c2ccccc2N(c2ccccc2)c2ccccc21. The van der Waals surface area contributed by atoms with Crippen molar-refractivity contribution in [1.82, 2.24) is 0 Å². The average Bonchev–Trinajstić information content (AvgIpc) is 3.25. The summed E-state index contributed by atoms with van der Waals surface area (Å²) in [5.74, 6) is 0. The van der Waals surface area contributed by atoms with Gasteiger partial charge in [0, 0.05) is 11.4 Å². The van der Waals surface area contributed by atoms with Crippen LogP contribution in [0.2, 0.25) is 0 Å². The van der Waals surface area contributed by atoms with E-state index in [1.165, 1.54) is 44.7 Å². The van der Waals surface area contributed by atoms with Crippen LogP contribution in [0.4, 0.5) is 34.1 Å². The number of hydrogen-bond acceptors (Lipinski definition) is 2. The van der Waals surface area contributed by atoms with Gasteiger partial charge in [0.15, 0.2) is 0 Å². The molecule has 0 N–H and O–H groups in total. The van der Waals surface area contributed by atoms with Gasteiger partial charge in [-0.1, -0.05) is 136 Å². The number of hydrogen-bond donors (Lipinski definition) is 0. The summed E-state index contributed by atoms with van der Waals surface area (Å²) < 4.78 is 0. The Morgan fingerprint density at radius 2 is 0.481 bits per heavy atom. The Hall–Kier alpha value is -5.65. The fourth-order valence-electron chi connectivity index (χ4n) is 7.31. The molecule has 54 heavy (non-hydrogen) atoms. The molecule has 0 atom stereocenters. The Kier molecular flexibility index (Phi) is 9.04. The van der Waals surface area contributed by atoms with Gasteiger partial charge in [-0.25, -0.2) is 0 Å². The van der Waals surface area contributed by atoms with Gasteiger partial charge >= 0.3 is 0 Å². The Bertz CT molecular complexity index is 2280. The molecule has 0 saturated heterocycles. The molecule has 0 amide bonds. The lowest BCUT2D eigenvalue weighted by atomic mass is 10.2. The van der Waals surface area contributed by atoms with Crippen LogP contribution in [0.3, 0.4) is 0 Å². The fraction of sp³-hybridized carbons (Fsp3) is 0. The van der Waals surface area contributed by atoms with E-state index in [9.17, 15) is 0 Å². The fourth-order valence-corrected chi connectivity index (χ4v) is 12.4. The Balaban J connectivity index is 0.000000142. The first-order valence-corrected chi connectivity index (χ1v) is 20.3. The van der Waals surface area contributed by atoms with Crippen LogP contribution in [-0.2, 0) is 0 Å². The lowest BCUT2D eigenvalue weighted by molar-refractivity contribution is 1.30. The van der Waals surface area contributed by atoms with Gasteiger partial charge in [-0.05, 0) is 97.1 Å². The molecule has 2 heterocycles. The lowest BCUT2D eigenvalue weighted by Gasteiger charge is -2.42. The van der Waals surface area contributed by atoms with E-state index in [4.69, 9.17) is 0 Å². The van der Waals surface area contributed by atoms with E-state index in [0.29, 0.717) is 0 Å². The summed E-state index contributed by atoms with van der Waals surface area (Å²) in [5, 5.41) is 9.30. The predicted molar refractivity (Wildman–Crippen MR) is 247 cm³/mol. The van der Waals surface area contributed by atoms with Gasteiger partial charge in [0.05, 0.1) is 54.6 Å². The highest BCUT2D eigenvalue weighted by Gasteiger charge is 2.44. The summed E-state index contributed by atoms with van der Waals surface area (Å²) >= 11 is 0. The maximum Gasteiger partial charge on any atom is 0.144 e. The van der Waals surface area contributed by atoms with E-state index in [1.54, 1.807) is 21.2 Å². The molecule has 0 fully saturated rings. The summed E-state index contributed by atoms with van der Waals surface area (Å²) in [6, 6.07) is 80.4. The largest absolute Gasteiger partial charge is 0.303 e. The number of fused-ring (bicyclic) bond motifs is 4. The third-order valence-electron chi connectivity index (χ3n) is 9.51. The van der Waals surface area contributed by atoms with Crippen LogP contribution < -0.4 is 41.6 Å². The van der Waals surface area contributed by atoms with Crippen molar-refractivity contribution in [2.75, 3.05) is 9.80 Å². The number of para-hydroxylation sites is 6. The van der Waals surface area contributed by atoms with Crippen molar-refractivity contribution < 1.29 is 0 Å². The molecular weight excluding hydrogens is 688 g/mol. The third kappa shape index (κ3) is 5.61. The zero-order valence-electron chi connectivity index (χ0n) is 28.6. The van der Waals surface area contributed by atoms with Crippen LogP contribution in [0, 0.1) is 0 Å². The summed E-state index contributed by atoms with van der Waals surface area (Å²) in [7, 11) is -2.84. The van der Waals surface area contributed by atoms with Gasteiger partial charge < -0.3 is 9.80 Å². The monoisotopic (exact) mass is 730 g/mol. The van der Waals surface area contributed by atoms with Crippen LogP contribution in [0.25, 0.3) is 0 Å². The second-order valence-electron chi connectivity index (χ2n) is 12.6. The first-order valence-electron chi connectivity index (χ1n) is 17.6. The lowest BCUT2D eigenvalue weighted by Crippen LogP contribution is -2.40. The van der Waals surface area contributed by atoms with Crippen molar-refractivity contribution in [3.8, 4) is 0 Å². The van der Waals surface area contributed by atoms with Crippen molar-refractivity contribution >= 4 is 95.4 Å². The first-order chi connectivity index (χ1) is 26.6. The smallest absolute Gasteiger partial charge is 0.144 e. The van der Waals surface area contributed by atoms with E-state index < -0.39 is 14.3 Å². The molecule has 0 bridgehead atoms. The molecule has 8 aromatic carbocycles. The van der Waals surface area contributed by atoms with Gasteiger partial charge in [-0.2, -0.15) is 0 Å². The van der Waals surface area contributed by atoms with Crippen molar-refractivity contribution in [2.45, 2.75) is 0 Å². The molecular formula is C48H42B2N2P2. The van der Waals surface area contributed by atoms with Crippen molar-refractivity contribution in [3.05, 3.63) is 218 Å². The molecule has 8 aromatic rings. The summed E-state index contributed by atoms with van der Waals surface area (Å²) in [6.45, 7) is 0. The molecule has 0 unspecified atom stereocenters. The number of anilines is 6. The minimum absolute atomic E-state index is 0.0268. The molecule has 2 nitrogen and oxygen atoms in total. The second kappa shape index (κ2) is 14.3. The van der Waals surface area contributed by atoms with Crippen molar-refractivity contribution in [2.24, 2.45) is 0 Å². The van der Waals surface area contributed by atoms with Crippen LogP contribution in [-0.4, -0.2) is 15.1 Å². The van der Waals surface area contributed by atoms with E-state index in [2.05, 4.69) is 228 Å². The molecule has 0 aromatic heterocycles. The van der Waals surface area contributed by atoms with Gasteiger partial charge in [0.2, 0.25) is 0 Å². The summed E-state index contributed by atoms with van der Waals surface area (Å²) in [5.41, 5.74) is 7.89. The molecule has 0 saturated carbocycles. The van der Waals surface area contributed by atoms with Gasteiger partial charge in [-0.15, -0.1) is 0 Å². The maximum absolute atomic E-state index is 2.45. The van der Waals surface area contributed by atoms with Crippen LogP contribution in [0.1, 0.15) is 0 Å². The zero-order valence-corrected chi connectivity index (χ0v) is 30.4. The standard InChI is InChI=1S/2C24H21BNP/c2*25-27(20-13-5-2-6-14-20)23-17-9-7-15-21(23)26(19-11-3-1-4-12-19)22-16-8-10-18-24(22)27/h2*1-18H,25H3. The molecule has 2 aliphatic heterocycles. The normalized spacial score (nSPS) is 14.3. The number of rotatable bonds is 4. The van der Waals surface area contributed by atoms with Gasteiger partial charge in [0.25, 0.3) is 0 Å². The highest BCUT2D eigenvalue weighted by molar-refractivity contribution is 8.14. The molecule has 0 aliphatic carbocycles. The molecule has 0 spiro atoms. The van der Waals surface area contributed by atoms with Crippen LogP contribution in [0.5, 0.6) is 0 Å².